The molecule has 0 aliphatic heterocycles. The van der Waals surface area contributed by atoms with Gasteiger partial charge in [-0.3, -0.25) is 13.9 Å². The Hall–Kier alpha value is -4.21. The minimum absolute atomic E-state index is 0.00765. The SMILES string of the molecule is CC(C)(C)NC(=O)C(Cc1ccccc1)N(Cc1ccc(Cl)cc1)C(=O)CN(c1ccc(F)cc1)S(=O)(=O)c1ccccc1. The van der Waals surface area contributed by atoms with Crippen LogP contribution in [0.15, 0.2) is 114 Å². The zero-order valence-electron chi connectivity index (χ0n) is 24.8. The fourth-order valence-electron chi connectivity index (χ4n) is 4.65. The van der Waals surface area contributed by atoms with Crippen LogP contribution in [0, 0.1) is 5.82 Å². The molecular weight excluding hydrogens is 601 g/mol. The Bertz CT molecular complexity index is 1660. The van der Waals surface area contributed by atoms with E-state index in [-0.39, 0.29) is 29.5 Å². The van der Waals surface area contributed by atoms with Crippen LogP contribution in [0.4, 0.5) is 10.1 Å². The van der Waals surface area contributed by atoms with E-state index < -0.39 is 39.9 Å². The van der Waals surface area contributed by atoms with Crippen molar-refractivity contribution in [1.82, 2.24) is 10.2 Å². The van der Waals surface area contributed by atoms with Gasteiger partial charge in [-0.2, -0.15) is 0 Å². The number of halogens is 2. The Labute approximate surface area is 263 Å². The maximum atomic E-state index is 14.4. The van der Waals surface area contributed by atoms with Gasteiger partial charge in [-0.15, -0.1) is 0 Å². The number of carbonyl (C=O) groups is 2. The average Bonchev–Trinajstić information content (AvgIpc) is 2.99. The Balaban J connectivity index is 1.80. The lowest BCUT2D eigenvalue weighted by atomic mass is 10.0. The number of anilines is 1. The number of hydrogen-bond donors (Lipinski definition) is 1. The van der Waals surface area contributed by atoms with Crippen molar-refractivity contribution in [3.05, 3.63) is 131 Å². The van der Waals surface area contributed by atoms with E-state index >= 15 is 0 Å². The van der Waals surface area contributed by atoms with Gasteiger partial charge in [0.2, 0.25) is 11.8 Å². The van der Waals surface area contributed by atoms with Crippen molar-refractivity contribution in [2.75, 3.05) is 10.8 Å². The summed E-state index contributed by atoms with van der Waals surface area (Å²) >= 11 is 6.12. The van der Waals surface area contributed by atoms with E-state index in [1.165, 1.54) is 29.2 Å². The van der Waals surface area contributed by atoms with E-state index in [2.05, 4.69) is 5.32 Å². The van der Waals surface area contributed by atoms with Gasteiger partial charge in [-0.25, -0.2) is 12.8 Å². The van der Waals surface area contributed by atoms with Gasteiger partial charge in [-0.1, -0.05) is 72.3 Å². The molecule has 4 aromatic carbocycles. The van der Waals surface area contributed by atoms with Crippen LogP contribution >= 0.6 is 11.6 Å². The zero-order valence-corrected chi connectivity index (χ0v) is 26.4. The molecule has 0 radical (unpaired) electrons. The second kappa shape index (κ2) is 14.1. The monoisotopic (exact) mass is 635 g/mol. The van der Waals surface area contributed by atoms with Crippen molar-refractivity contribution in [2.24, 2.45) is 0 Å². The van der Waals surface area contributed by atoms with E-state index in [9.17, 15) is 22.4 Å². The van der Waals surface area contributed by atoms with Crippen molar-refractivity contribution in [1.29, 1.82) is 0 Å². The molecule has 1 unspecified atom stereocenters. The largest absolute Gasteiger partial charge is 0.350 e. The van der Waals surface area contributed by atoms with Gasteiger partial charge in [0.05, 0.1) is 10.6 Å². The lowest BCUT2D eigenvalue weighted by Crippen LogP contribution is -2.56. The van der Waals surface area contributed by atoms with Gasteiger partial charge < -0.3 is 10.2 Å². The predicted molar refractivity (Wildman–Crippen MR) is 171 cm³/mol. The van der Waals surface area contributed by atoms with Gasteiger partial charge >= 0.3 is 0 Å². The Morgan fingerprint density at radius 1 is 0.818 bits per heavy atom. The molecule has 10 heteroatoms. The summed E-state index contributed by atoms with van der Waals surface area (Å²) in [5.41, 5.74) is 1.03. The van der Waals surface area contributed by atoms with Crippen molar-refractivity contribution >= 4 is 39.1 Å². The number of hydrogen-bond acceptors (Lipinski definition) is 4. The predicted octanol–water partition coefficient (Wildman–Crippen LogP) is 6.23. The summed E-state index contributed by atoms with van der Waals surface area (Å²) in [7, 11) is -4.26. The standard InChI is InChI=1S/C34H35ClFN3O4S/c1-34(2,3)37-33(41)31(22-25-10-6-4-7-11-25)38(23-26-14-16-27(35)17-15-26)32(40)24-39(29-20-18-28(36)19-21-29)44(42,43)30-12-8-5-9-13-30/h4-21,31H,22-24H2,1-3H3,(H,37,41). The Morgan fingerprint density at radius 3 is 1.95 bits per heavy atom. The van der Waals surface area contributed by atoms with Crippen LogP contribution in [0.25, 0.3) is 0 Å². The third-order valence-corrected chi connectivity index (χ3v) is 8.80. The maximum absolute atomic E-state index is 14.4. The molecule has 0 aliphatic carbocycles. The summed E-state index contributed by atoms with van der Waals surface area (Å²) in [6.45, 7) is 4.91. The highest BCUT2D eigenvalue weighted by molar-refractivity contribution is 7.92. The highest BCUT2D eigenvalue weighted by Gasteiger charge is 2.35. The van der Waals surface area contributed by atoms with Crippen molar-refractivity contribution in [3.63, 3.8) is 0 Å². The zero-order chi connectivity index (χ0) is 31.9. The lowest BCUT2D eigenvalue weighted by Gasteiger charge is -2.35. The van der Waals surface area contributed by atoms with Crippen LogP contribution in [0.5, 0.6) is 0 Å². The number of rotatable bonds is 11. The first kappa shape index (κ1) is 32.7. The third-order valence-electron chi connectivity index (χ3n) is 6.76. The van der Waals surface area contributed by atoms with E-state index in [0.717, 1.165) is 22.0 Å². The molecule has 1 atom stereocenters. The van der Waals surface area contributed by atoms with Crippen LogP contribution in [-0.4, -0.2) is 43.3 Å². The first-order chi connectivity index (χ1) is 20.8. The minimum atomic E-state index is -4.26. The van der Waals surface area contributed by atoms with Crippen LogP contribution in [-0.2, 0) is 32.6 Å². The second-order valence-corrected chi connectivity index (χ2v) is 13.7. The van der Waals surface area contributed by atoms with Crippen molar-refractivity contribution < 1.29 is 22.4 Å². The van der Waals surface area contributed by atoms with Crippen molar-refractivity contribution in [2.45, 2.75) is 50.2 Å². The summed E-state index contributed by atoms with van der Waals surface area (Å²) in [6.07, 6.45) is 0.185. The number of sulfonamides is 1. The van der Waals surface area contributed by atoms with E-state index in [0.29, 0.717) is 10.6 Å². The molecule has 7 nitrogen and oxygen atoms in total. The minimum Gasteiger partial charge on any atom is -0.350 e. The van der Waals surface area contributed by atoms with Crippen LogP contribution in [0.3, 0.4) is 0 Å². The summed E-state index contributed by atoms with van der Waals surface area (Å²) < 4.78 is 42.7. The first-order valence-electron chi connectivity index (χ1n) is 14.1. The fourth-order valence-corrected chi connectivity index (χ4v) is 6.21. The fraction of sp³-hybridized carbons (Fsp3) is 0.235. The molecule has 44 heavy (non-hydrogen) atoms. The van der Waals surface area contributed by atoms with E-state index in [1.807, 2.05) is 51.1 Å². The van der Waals surface area contributed by atoms with Crippen molar-refractivity contribution in [3.8, 4) is 0 Å². The average molecular weight is 636 g/mol. The molecule has 4 aromatic rings. The molecule has 230 valence electrons. The summed E-state index contributed by atoms with van der Waals surface area (Å²) in [5, 5.41) is 3.50. The molecule has 0 fully saturated rings. The van der Waals surface area contributed by atoms with E-state index in [4.69, 9.17) is 11.6 Å². The Morgan fingerprint density at radius 2 is 1.39 bits per heavy atom. The molecule has 4 rings (SSSR count). The highest BCUT2D eigenvalue weighted by Crippen LogP contribution is 2.25. The Kier molecular flexibility index (Phi) is 10.4. The topological polar surface area (TPSA) is 86.8 Å². The third kappa shape index (κ3) is 8.67. The van der Waals surface area contributed by atoms with Gasteiger partial charge in [0.15, 0.2) is 0 Å². The molecule has 0 aromatic heterocycles. The highest BCUT2D eigenvalue weighted by atomic mass is 35.5. The molecule has 0 spiro atoms. The summed E-state index contributed by atoms with van der Waals surface area (Å²) in [6, 6.07) is 27.8. The van der Waals surface area contributed by atoms with Gasteiger partial charge in [0.25, 0.3) is 10.0 Å². The molecule has 2 amide bonds. The molecular formula is C34H35ClFN3O4S. The molecule has 0 heterocycles. The van der Waals surface area contributed by atoms with Crippen LogP contribution < -0.4 is 9.62 Å². The maximum Gasteiger partial charge on any atom is 0.264 e. The molecule has 0 aliphatic rings. The summed E-state index contributed by atoms with van der Waals surface area (Å²) in [4.78, 5) is 29.6. The second-order valence-electron chi connectivity index (χ2n) is 11.4. The first-order valence-corrected chi connectivity index (χ1v) is 15.9. The molecule has 1 N–H and O–H groups in total. The normalized spacial score (nSPS) is 12.3. The number of nitrogens with one attached hydrogen (secondary N) is 1. The van der Waals surface area contributed by atoms with Gasteiger partial charge in [0, 0.05) is 23.5 Å². The van der Waals surface area contributed by atoms with Crippen LogP contribution in [0.1, 0.15) is 31.9 Å². The molecule has 0 bridgehead atoms. The number of amides is 2. The molecule has 0 saturated carbocycles. The number of nitrogens with zero attached hydrogens (tertiary/aromatic N) is 2. The quantitative estimate of drug-likeness (QED) is 0.212. The van der Waals surface area contributed by atoms with E-state index in [1.54, 1.807) is 42.5 Å². The van der Waals surface area contributed by atoms with Gasteiger partial charge in [-0.05, 0) is 80.4 Å². The lowest BCUT2D eigenvalue weighted by molar-refractivity contribution is -0.140. The summed E-state index contributed by atoms with van der Waals surface area (Å²) in [5.74, 6) is -1.56. The van der Waals surface area contributed by atoms with Crippen LogP contribution in [0.2, 0.25) is 5.02 Å². The van der Waals surface area contributed by atoms with Gasteiger partial charge in [0.1, 0.15) is 18.4 Å². The smallest absolute Gasteiger partial charge is 0.264 e. The number of carbonyl (C=O) groups excluding carboxylic acids is 2. The number of benzene rings is 4. The molecule has 0 saturated heterocycles.